The van der Waals surface area contributed by atoms with Crippen molar-refractivity contribution in [2.24, 2.45) is 0 Å². The van der Waals surface area contributed by atoms with Crippen molar-refractivity contribution in [3.8, 4) is 0 Å². The maximum Gasteiger partial charge on any atom is 0.188 e. The molecular weight excluding hydrogens is 424 g/mol. The summed E-state index contributed by atoms with van der Waals surface area (Å²) in [7, 11) is 0. The molecule has 0 fully saturated rings. The topological polar surface area (TPSA) is 43.4 Å². The molecule has 3 nitrogen and oxygen atoms in total. The van der Waals surface area contributed by atoms with Gasteiger partial charge in [0, 0.05) is 32.2 Å². The maximum atomic E-state index is 11.8. The van der Waals surface area contributed by atoms with Gasteiger partial charge in [0.2, 0.25) is 0 Å². The maximum absolute atomic E-state index is 11.8. The van der Waals surface area contributed by atoms with Crippen LogP contribution in [0.4, 0.5) is 0 Å². The van der Waals surface area contributed by atoms with Crippen LogP contribution in [-0.2, 0) is 4.74 Å². The van der Waals surface area contributed by atoms with Crippen LogP contribution in [0, 0.1) is 0 Å². The second kappa shape index (κ2) is 8.60. The van der Waals surface area contributed by atoms with Crippen LogP contribution in [0.5, 0.6) is 0 Å². The molecule has 116 valence electrons. The molecule has 0 amide bonds. The van der Waals surface area contributed by atoms with Crippen molar-refractivity contribution < 1.29 is 14.3 Å². The lowest BCUT2D eigenvalue weighted by molar-refractivity contribution is 0.103. The average Bonchev–Trinajstić information content (AvgIpc) is 2.55. The zero-order valence-electron chi connectivity index (χ0n) is 11.9. The Morgan fingerprint density at radius 2 is 1.04 bits per heavy atom. The van der Waals surface area contributed by atoms with E-state index in [9.17, 15) is 9.59 Å². The molecule has 5 heteroatoms. The summed E-state index contributed by atoms with van der Waals surface area (Å²) in [4.78, 5) is 23.7. The van der Waals surface area contributed by atoms with Gasteiger partial charge in [-0.05, 0) is 48.5 Å². The van der Waals surface area contributed by atoms with E-state index in [2.05, 4.69) is 31.9 Å². The van der Waals surface area contributed by atoms with Crippen LogP contribution in [0.1, 0.15) is 20.7 Å². The normalized spacial score (nSPS) is 11.0. The molecule has 0 radical (unpaired) electrons. The lowest BCUT2D eigenvalue weighted by Gasteiger charge is -1.96. The number of hydrogen-bond acceptors (Lipinski definition) is 3. The van der Waals surface area contributed by atoms with Crippen LogP contribution in [0.15, 0.2) is 82.2 Å². The predicted molar refractivity (Wildman–Crippen MR) is 96.3 cm³/mol. The summed E-state index contributed by atoms with van der Waals surface area (Å²) in [5.74, 6) is -0.352. The molecule has 0 saturated heterocycles. The second-order valence-corrected chi connectivity index (χ2v) is 6.32. The van der Waals surface area contributed by atoms with Gasteiger partial charge in [0.15, 0.2) is 11.6 Å². The zero-order chi connectivity index (χ0) is 16.7. The Hall–Kier alpha value is -1.98. The van der Waals surface area contributed by atoms with E-state index in [0.29, 0.717) is 11.1 Å². The minimum atomic E-state index is -0.176. The van der Waals surface area contributed by atoms with E-state index in [-0.39, 0.29) is 11.6 Å². The first-order valence-electron chi connectivity index (χ1n) is 6.64. The third-order valence-electron chi connectivity index (χ3n) is 2.85. The fourth-order valence-corrected chi connectivity index (χ4v) is 2.20. The first kappa shape index (κ1) is 17.4. The number of halogens is 2. The number of ether oxygens (including phenoxy) is 1. The third-order valence-corrected chi connectivity index (χ3v) is 3.91. The molecular formula is C18H12Br2O3. The fourth-order valence-electron chi connectivity index (χ4n) is 1.67. The molecule has 0 unspecified atom stereocenters. The summed E-state index contributed by atoms with van der Waals surface area (Å²) in [6.07, 6.45) is 5.10. The van der Waals surface area contributed by atoms with Gasteiger partial charge in [0.25, 0.3) is 0 Å². The molecule has 2 aromatic rings. The molecule has 0 heterocycles. The molecule has 0 N–H and O–H groups in total. The van der Waals surface area contributed by atoms with Crippen molar-refractivity contribution in [3.05, 3.63) is 93.3 Å². The van der Waals surface area contributed by atoms with Crippen LogP contribution >= 0.6 is 31.9 Å². The molecule has 0 atom stereocenters. The van der Waals surface area contributed by atoms with Crippen molar-refractivity contribution in [1.29, 1.82) is 0 Å². The van der Waals surface area contributed by atoms with Gasteiger partial charge in [0.05, 0.1) is 12.5 Å². The van der Waals surface area contributed by atoms with E-state index < -0.39 is 0 Å². The summed E-state index contributed by atoms with van der Waals surface area (Å²) in [5.41, 5.74) is 1.12. The van der Waals surface area contributed by atoms with Crippen molar-refractivity contribution in [2.45, 2.75) is 0 Å². The van der Waals surface area contributed by atoms with Gasteiger partial charge in [-0.25, -0.2) is 0 Å². The summed E-state index contributed by atoms with van der Waals surface area (Å²) >= 11 is 6.61. The van der Waals surface area contributed by atoms with E-state index in [1.54, 1.807) is 48.5 Å². The first-order chi connectivity index (χ1) is 11.1. The number of benzene rings is 2. The summed E-state index contributed by atoms with van der Waals surface area (Å²) in [6.45, 7) is 0. The summed E-state index contributed by atoms with van der Waals surface area (Å²) in [5, 5.41) is 0. The quantitative estimate of drug-likeness (QED) is 0.350. The van der Waals surface area contributed by atoms with Gasteiger partial charge >= 0.3 is 0 Å². The van der Waals surface area contributed by atoms with Crippen LogP contribution < -0.4 is 0 Å². The van der Waals surface area contributed by atoms with Crippen LogP contribution in [0.3, 0.4) is 0 Å². The van der Waals surface area contributed by atoms with Crippen molar-refractivity contribution in [2.75, 3.05) is 0 Å². The van der Waals surface area contributed by atoms with E-state index in [4.69, 9.17) is 4.74 Å². The van der Waals surface area contributed by atoms with E-state index >= 15 is 0 Å². The highest BCUT2D eigenvalue weighted by Crippen LogP contribution is 2.12. The first-order valence-corrected chi connectivity index (χ1v) is 8.23. The highest BCUT2D eigenvalue weighted by molar-refractivity contribution is 9.10. The number of carbonyl (C=O) groups is 2. The van der Waals surface area contributed by atoms with Crippen molar-refractivity contribution >= 4 is 43.4 Å². The highest BCUT2D eigenvalue weighted by atomic mass is 79.9. The predicted octanol–water partition coefficient (Wildman–Crippen LogP) is 5.32. The molecule has 0 spiro atoms. The molecule has 0 bridgehead atoms. The fraction of sp³-hybridized carbons (Fsp3) is 0. The lowest BCUT2D eigenvalue weighted by atomic mass is 10.1. The molecule has 0 saturated carbocycles. The van der Waals surface area contributed by atoms with E-state index in [1.807, 2.05) is 0 Å². The van der Waals surface area contributed by atoms with E-state index in [1.165, 1.54) is 24.7 Å². The molecule has 2 rings (SSSR count). The number of carbonyl (C=O) groups excluding carboxylic acids is 2. The number of ketones is 2. The smallest absolute Gasteiger partial charge is 0.188 e. The molecule has 2 aromatic carbocycles. The molecule has 0 aliphatic rings. The van der Waals surface area contributed by atoms with Gasteiger partial charge in [-0.3, -0.25) is 9.59 Å². The Kier molecular flexibility index (Phi) is 6.50. The van der Waals surface area contributed by atoms with Crippen LogP contribution in [-0.4, -0.2) is 11.6 Å². The van der Waals surface area contributed by atoms with Crippen LogP contribution in [0.25, 0.3) is 0 Å². The molecule has 0 aliphatic carbocycles. The van der Waals surface area contributed by atoms with Crippen molar-refractivity contribution in [1.82, 2.24) is 0 Å². The largest absolute Gasteiger partial charge is 0.472 e. The zero-order valence-corrected chi connectivity index (χ0v) is 15.1. The van der Waals surface area contributed by atoms with Crippen LogP contribution in [0.2, 0.25) is 0 Å². The lowest BCUT2D eigenvalue weighted by Crippen LogP contribution is -1.94. The Labute approximate surface area is 150 Å². The number of allylic oxidation sites excluding steroid dienone is 2. The van der Waals surface area contributed by atoms with E-state index in [0.717, 1.165) is 8.95 Å². The molecule has 23 heavy (non-hydrogen) atoms. The van der Waals surface area contributed by atoms with Gasteiger partial charge < -0.3 is 4.74 Å². The standard InChI is InChI=1S/C18H12Br2O3/c19-15-5-1-13(2-6-15)17(21)9-11-23-12-10-18(22)14-3-7-16(20)8-4-14/h1-12H/b11-9+,12-10+. The van der Waals surface area contributed by atoms with Gasteiger partial charge in [-0.15, -0.1) is 0 Å². The SMILES string of the molecule is O=C(/C=C/O/C=C/C(=O)c1ccc(Br)cc1)c1ccc(Br)cc1. The second-order valence-electron chi connectivity index (χ2n) is 4.48. The van der Waals surface area contributed by atoms with Gasteiger partial charge in [0.1, 0.15) is 0 Å². The Morgan fingerprint density at radius 1 is 0.696 bits per heavy atom. The monoisotopic (exact) mass is 434 g/mol. The Morgan fingerprint density at radius 3 is 1.39 bits per heavy atom. The molecule has 0 aliphatic heterocycles. The van der Waals surface area contributed by atoms with Gasteiger partial charge in [-0.1, -0.05) is 31.9 Å². The molecule has 0 aromatic heterocycles. The average molecular weight is 436 g/mol. The Bertz CT molecular complexity index is 679. The minimum absolute atomic E-state index is 0.176. The highest BCUT2D eigenvalue weighted by Gasteiger charge is 2.01. The third kappa shape index (κ3) is 5.62. The minimum Gasteiger partial charge on any atom is -0.472 e. The number of hydrogen-bond donors (Lipinski definition) is 0. The number of rotatable bonds is 6. The summed E-state index contributed by atoms with van der Waals surface area (Å²) < 4.78 is 6.86. The Balaban J connectivity index is 1.86. The van der Waals surface area contributed by atoms with Gasteiger partial charge in [-0.2, -0.15) is 0 Å². The van der Waals surface area contributed by atoms with Crippen molar-refractivity contribution in [3.63, 3.8) is 0 Å². The summed E-state index contributed by atoms with van der Waals surface area (Å²) in [6, 6.07) is 14.0.